The number of amides is 1. The van der Waals surface area contributed by atoms with E-state index in [1.165, 1.54) is 23.2 Å². The Morgan fingerprint density at radius 2 is 2.10 bits per heavy atom. The molecule has 0 unspecified atom stereocenters. The fourth-order valence-corrected chi connectivity index (χ4v) is 2.69. The van der Waals surface area contributed by atoms with E-state index in [9.17, 15) is 13.2 Å². The minimum atomic E-state index is -3.93. The van der Waals surface area contributed by atoms with E-state index in [4.69, 9.17) is 5.26 Å². The van der Waals surface area contributed by atoms with Crippen molar-refractivity contribution in [3.8, 4) is 6.07 Å². The predicted molar refractivity (Wildman–Crippen MR) is 72.1 cm³/mol. The number of aromatic nitrogens is 1. The van der Waals surface area contributed by atoms with Gasteiger partial charge in [-0.1, -0.05) is 0 Å². The van der Waals surface area contributed by atoms with Gasteiger partial charge in [-0.2, -0.15) is 5.26 Å². The van der Waals surface area contributed by atoms with Crippen molar-refractivity contribution in [3.63, 3.8) is 0 Å². The summed E-state index contributed by atoms with van der Waals surface area (Å²) in [5.41, 5.74) is -0.199. The van der Waals surface area contributed by atoms with Crippen LogP contribution in [0.2, 0.25) is 0 Å². The highest BCUT2D eigenvalue weighted by Gasteiger charge is 2.21. The topological polar surface area (TPSA) is 103 Å². The zero-order valence-corrected chi connectivity index (χ0v) is 12.1. The standard InChI is InChI=1S/C12H16N4O3S/c1-3-16(4-2)12(17)9-15-20(18,19)11-6-5-7-14-10(11)8-13/h5-7,15H,3-4,9H2,1-2H3. The minimum Gasteiger partial charge on any atom is -0.342 e. The highest BCUT2D eigenvalue weighted by atomic mass is 32.2. The maximum Gasteiger partial charge on any atom is 0.243 e. The molecule has 1 rings (SSSR count). The van der Waals surface area contributed by atoms with Crippen LogP contribution in [-0.4, -0.2) is 43.8 Å². The van der Waals surface area contributed by atoms with Crippen molar-refractivity contribution in [1.29, 1.82) is 5.26 Å². The average molecular weight is 296 g/mol. The van der Waals surface area contributed by atoms with Crippen molar-refractivity contribution in [1.82, 2.24) is 14.6 Å². The highest BCUT2D eigenvalue weighted by molar-refractivity contribution is 7.89. The monoisotopic (exact) mass is 296 g/mol. The Balaban J connectivity index is 2.87. The molecule has 8 heteroatoms. The molecule has 0 aromatic carbocycles. The van der Waals surface area contributed by atoms with E-state index in [0.717, 1.165) is 0 Å². The number of nitrogens with one attached hydrogen (secondary N) is 1. The van der Waals surface area contributed by atoms with Crippen LogP contribution in [0.25, 0.3) is 0 Å². The largest absolute Gasteiger partial charge is 0.342 e. The van der Waals surface area contributed by atoms with Crippen molar-refractivity contribution < 1.29 is 13.2 Å². The molecule has 0 spiro atoms. The lowest BCUT2D eigenvalue weighted by Crippen LogP contribution is -2.40. The predicted octanol–water partition coefficient (Wildman–Crippen LogP) is 0.1000. The SMILES string of the molecule is CCN(CC)C(=O)CNS(=O)(=O)c1cccnc1C#N. The first kappa shape index (κ1) is 16.1. The molecule has 0 aliphatic rings. The fraction of sp³-hybridized carbons (Fsp3) is 0.417. The first-order chi connectivity index (χ1) is 9.46. The molecule has 1 N–H and O–H groups in total. The zero-order valence-electron chi connectivity index (χ0n) is 11.3. The van der Waals surface area contributed by atoms with Crippen LogP contribution in [0.1, 0.15) is 19.5 Å². The second kappa shape index (κ2) is 6.98. The van der Waals surface area contributed by atoms with Crippen LogP contribution < -0.4 is 4.72 Å². The van der Waals surface area contributed by atoms with Crippen molar-refractivity contribution in [2.75, 3.05) is 19.6 Å². The van der Waals surface area contributed by atoms with Crippen LogP contribution in [0.4, 0.5) is 0 Å². The summed E-state index contributed by atoms with van der Waals surface area (Å²) in [4.78, 5) is 16.7. The fourth-order valence-electron chi connectivity index (χ4n) is 1.61. The van der Waals surface area contributed by atoms with Crippen LogP contribution in [0.5, 0.6) is 0 Å². The van der Waals surface area contributed by atoms with E-state index in [1.807, 2.05) is 13.8 Å². The van der Waals surface area contributed by atoms with Gasteiger partial charge in [0.2, 0.25) is 15.9 Å². The van der Waals surface area contributed by atoms with Gasteiger partial charge >= 0.3 is 0 Å². The summed E-state index contributed by atoms with van der Waals surface area (Å²) in [7, 11) is -3.93. The molecule has 0 saturated heterocycles. The molecule has 0 fully saturated rings. The molecule has 0 bridgehead atoms. The Hall–Kier alpha value is -1.98. The summed E-state index contributed by atoms with van der Waals surface area (Å²) in [6, 6.07) is 4.40. The van der Waals surface area contributed by atoms with Gasteiger partial charge in [0, 0.05) is 19.3 Å². The van der Waals surface area contributed by atoms with Crippen molar-refractivity contribution >= 4 is 15.9 Å². The lowest BCUT2D eigenvalue weighted by atomic mass is 10.4. The number of carbonyl (C=O) groups excluding carboxylic acids is 1. The molecule has 0 aliphatic carbocycles. The molecular weight excluding hydrogens is 280 g/mol. The Morgan fingerprint density at radius 1 is 1.45 bits per heavy atom. The number of nitriles is 1. The molecule has 7 nitrogen and oxygen atoms in total. The van der Waals surface area contributed by atoms with E-state index < -0.39 is 10.0 Å². The maximum absolute atomic E-state index is 12.0. The minimum absolute atomic E-state index is 0.199. The number of nitrogens with zero attached hydrogens (tertiary/aromatic N) is 3. The van der Waals surface area contributed by atoms with Crippen molar-refractivity contribution in [2.24, 2.45) is 0 Å². The number of carbonyl (C=O) groups is 1. The number of pyridine rings is 1. The van der Waals surface area contributed by atoms with Crippen LogP contribution in [0, 0.1) is 11.3 Å². The molecule has 1 amide bonds. The Morgan fingerprint density at radius 3 is 2.65 bits per heavy atom. The summed E-state index contributed by atoms with van der Waals surface area (Å²) in [5.74, 6) is -0.319. The summed E-state index contributed by atoms with van der Waals surface area (Å²) < 4.78 is 26.3. The van der Waals surface area contributed by atoms with Gasteiger partial charge in [0.1, 0.15) is 11.0 Å². The molecule has 108 valence electrons. The van der Waals surface area contributed by atoms with E-state index in [0.29, 0.717) is 13.1 Å². The molecule has 0 atom stereocenters. The van der Waals surface area contributed by atoms with Crippen molar-refractivity contribution in [2.45, 2.75) is 18.7 Å². The summed E-state index contributed by atoms with van der Waals surface area (Å²) in [6.07, 6.45) is 1.33. The summed E-state index contributed by atoms with van der Waals surface area (Å²) >= 11 is 0. The van der Waals surface area contributed by atoms with Gasteiger partial charge < -0.3 is 4.90 Å². The lowest BCUT2D eigenvalue weighted by molar-refractivity contribution is -0.129. The van der Waals surface area contributed by atoms with Gasteiger partial charge in [0.05, 0.1) is 6.54 Å². The molecule has 0 aliphatic heterocycles. The third-order valence-corrected chi connectivity index (χ3v) is 4.13. The molecule has 1 heterocycles. The summed E-state index contributed by atoms with van der Waals surface area (Å²) in [5, 5.41) is 8.84. The van der Waals surface area contributed by atoms with Gasteiger partial charge in [0.15, 0.2) is 5.69 Å². The average Bonchev–Trinajstić information content (AvgIpc) is 2.46. The van der Waals surface area contributed by atoms with Gasteiger partial charge in [0.25, 0.3) is 0 Å². The maximum atomic E-state index is 12.0. The first-order valence-electron chi connectivity index (χ1n) is 6.08. The summed E-state index contributed by atoms with van der Waals surface area (Å²) in [6.45, 7) is 4.29. The third kappa shape index (κ3) is 3.76. The number of rotatable bonds is 6. The second-order valence-electron chi connectivity index (χ2n) is 3.85. The smallest absolute Gasteiger partial charge is 0.243 e. The number of hydrogen-bond donors (Lipinski definition) is 1. The van der Waals surface area contributed by atoms with Crippen LogP contribution in [-0.2, 0) is 14.8 Å². The number of likely N-dealkylation sites (N-methyl/N-ethyl adjacent to an activating group) is 1. The molecule has 1 aromatic heterocycles. The Kier molecular flexibility index (Phi) is 5.61. The highest BCUT2D eigenvalue weighted by Crippen LogP contribution is 2.11. The molecule has 0 saturated carbocycles. The van der Waals surface area contributed by atoms with Crippen LogP contribution in [0.15, 0.2) is 23.2 Å². The van der Waals surface area contributed by atoms with E-state index in [-0.39, 0.29) is 23.0 Å². The molecular formula is C12H16N4O3S. The molecule has 1 aromatic rings. The molecule has 0 radical (unpaired) electrons. The van der Waals surface area contributed by atoms with Gasteiger partial charge in [-0.05, 0) is 26.0 Å². The molecule has 20 heavy (non-hydrogen) atoms. The number of hydrogen-bond acceptors (Lipinski definition) is 5. The van der Waals surface area contributed by atoms with Crippen LogP contribution in [0.3, 0.4) is 0 Å². The zero-order chi connectivity index (χ0) is 15.2. The van der Waals surface area contributed by atoms with E-state index in [2.05, 4.69) is 9.71 Å². The van der Waals surface area contributed by atoms with Gasteiger partial charge in [-0.25, -0.2) is 18.1 Å². The lowest BCUT2D eigenvalue weighted by Gasteiger charge is -2.18. The van der Waals surface area contributed by atoms with E-state index >= 15 is 0 Å². The quantitative estimate of drug-likeness (QED) is 0.802. The van der Waals surface area contributed by atoms with Crippen LogP contribution >= 0.6 is 0 Å². The van der Waals surface area contributed by atoms with Gasteiger partial charge in [-0.3, -0.25) is 4.79 Å². The van der Waals surface area contributed by atoms with Crippen molar-refractivity contribution in [3.05, 3.63) is 24.0 Å². The second-order valence-corrected chi connectivity index (χ2v) is 5.59. The normalized spacial score (nSPS) is 10.8. The third-order valence-electron chi connectivity index (χ3n) is 2.70. The first-order valence-corrected chi connectivity index (χ1v) is 7.57. The van der Waals surface area contributed by atoms with Gasteiger partial charge in [-0.15, -0.1) is 0 Å². The Bertz CT molecular complexity index is 618. The number of sulfonamides is 1. The van der Waals surface area contributed by atoms with E-state index in [1.54, 1.807) is 6.07 Å². The Labute approximate surface area is 118 Å².